The molecule has 3 aromatic heterocycles. The number of carbonyl (C=O) groups is 1. The Bertz CT molecular complexity index is 1120. The van der Waals surface area contributed by atoms with Crippen LogP contribution in [0.2, 0.25) is 0 Å². The third kappa shape index (κ3) is 3.47. The Morgan fingerprint density at radius 3 is 2.74 bits per heavy atom. The van der Waals surface area contributed by atoms with Crippen LogP contribution in [0.4, 0.5) is 4.39 Å². The molecule has 6 nitrogen and oxygen atoms in total. The molecule has 9 heteroatoms. The lowest BCUT2D eigenvalue weighted by atomic mass is 10.1. The van der Waals surface area contributed by atoms with Crippen LogP contribution in [0.5, 0.6) is 0 Å². The van der Waals surface area contributed by atoms with Gasteiger partial charge in [0.2, 0.25) is 0 Å². The zero-order valence-electron chi connectivity index (χ0n) is 14.1. The summed E-state index contributed by atoms with van der Waals surface area (Å²) in [5.74, 6) is -0.582. The summed E-state index contributed by atoms with van der Waals surface area (Å²) in [7, 11) is 0. The largest absolute Gasteiger partial charge is 0.343 e. The molecule has 0 radical (unpaired) electrons. The lowest BCUT2D eigenvalue weighted by Crippen LogP contribution is -2.26. The molecule has 3 heterocycles. The van der Waals surface area contributed by atoms with Crippen LogP contribution in [0.25, 0.3) is 16.6 Å². The number of hydrogen-bond donors (Lipinski definition) is 1. The van der Waals surface area contributed by atoms with E-state index < -0.39 is 0 Å². The molecule has 0 spiro atoms. The Kier molecular flexibility index (Phi) is 4.71. The van der Waals surface area contributed by atoms with E-state index in [1.165, 1.54) is 29.7 Å². The van der Waals surface area contributed by atoms with Crippen LogP contribution in [-0.4, -0.2) is 25.7 Å². The summed E-state index contributed by atoms with van der Waals surface area (Å²) < 4.78 is 15.5. The molecule has 0 saturated carbocycles. The minimum Gasteiger partial charge on any atom is -0.343 e. The van der Waals surface area contributed by atoms with Crippen molar-refractivity contribution in [2.24, 2.45) is 0 Å². The molecule has 27 heavy (non-hydrogen) atoms. The van der Waals surface area contributed by atoms with Crippen LogP contribution >= 0.6 is 27.3 Å². The molecule has 0 aliphatic rings. The number of fused-ring (bicyclic) bond motifs is 1. The third-order valence-electron chi connectivity index (χ3n) is 4.02. The van der Waals surface area contributed by atoms with Crippen molar-refractivity contribution in [3.05, 3.63) is 69.2 Å². The number of carbonyl (C=O) groups excluding carboxylic acids is 1. The van der Waals surface area contributed by atoms with E-state index in [-0.39, 0.29) is 17.8 Å². The van der Waals surface area contributed by atoms with Crippen molar-refractivity contribution < 1.29 is 9.18 Å². The van der Waals surface area contributed by atoms with Crippen molar-refractivity contribution in [1.82, 2.24) is 25.1 Å². The zero-order chi connectivity index (χ0) is 19.0. The van der Waals surface area contributed by atoms with Crippen LogP contribution < -0.4 is 5.32 Å². The van der Waals surface area contributed by atoms with E-state index in [0.29, 0.717) is 22.2 Å². The SMILES string of the molecule is C[C@H](NC(=O)c1cncc2c1cnn2-c1ccc(F)cc1)c1nc(Br)cs1. The second-order valence-electron chi connectivity index (χ2n) is 5.86. The molecule has 1 aromatic carbocycles. The van der Waals surface area contributed by atoms with E-state index in [1.54, 1.807) is 29.2 Å². The van der Waals surface area contributed by atoms with Gasteiger partial charge in [0, 0.05) is 17.0 Å². The number of benzene rings is 1. The molecule has 0 aliphatic carbocycles. The topological polar surface area (TPSA) is 72.7 Å². The molecule has 1 N–H and O–H groups in total. The summed E-state index contributed by atoms with van der Waals surface area (Å²) in [6.45, 7) is 1.87. The minimum atomic E-state index is -0.323. The maximum absolute atomic E-state index is 13.2. The molecule has 0 fully saturated rings. The summed E-state index contributed by atoms with van der Waals surface area (Å²) in [6, 6.07) is 5.73. The normalized spacial score (nSPS) is 12.3. The van der Waals surface area contributed by atoms with E-state index in [2.05, 4.69) is 36.3 Å². The Morgan fingerprint density at radius 2 is 2.04 bits per heavy atom. The van der Waals surface area contributed by atoms with Gasteiger partial charge >= 0.3 is 0 Å². The maximum Gasteiger partial charge on any atom is 0.254 e. The average Bonchev–Trinajstić information content (AvgIpc) is 3.28. The highest BCUT2D eigenvalue weighted by Crippen LogP contribution is 2.24. The predicted molar refractivity (Wildman–Crippen MR) is 105 cm³/mol. The highest BCUT2D eigenvalue weighted by atomic mass is 79.9. The van der Waals surface area contributed by atoms with E-state index in [9.17, 15) is 9.18 Å². The van der Waals surface area contributed by atoms with Crippen molar-refractivity contribution in [3.63, 3.8) is 0 Å². The van der Waals surface area contributed by atoms with Gasteiger partial charge in [-0.2, -0.15) is 5.10 Å². The Hall–Kier alpha value is -2.65. The zero-order valence-corrected chi connectivity index (χ0v) is 16.5. The summed E-state index contributed by atoms with van der Waals surface area (Å²) in [5.41, 5.74) is 1.77. The molecular formula is C18H13BrFN5OS. The van der Waals surface area contributed by atoms with Gasteiger partial charge < -0.3 is 5.32 Å². The van der Waals surface area contributed by atoms with Gasteiger partial charge in [-0.1, -0.05) is 0 Å². The lowest BCUT2D eigenvalue weighted by molar-refractivity contribution is 0.0941. The van der Waals surface area contributed by atoms with Crippen LogP contribution in [0.3, 0.4) is 0 Å². The summed E-state index contributed by atoms with van der Waals surface area (Å²) in [4.78, 5) is 21.3. The standard InChI is InChI=1S/C18H13BrFN5OS/c1-10(18-24-16(19)9-27-18)23-17(26)14-6-21-8-15-13(14)7-22-25(15)12-4-2-11(20)3-5-12/h2-10H,1H3,(H,23,26)/t10-/m0/s1. The first-order chi connectivity index (χ1) is 13.0. The average molecular weight is 446 g/mol. The van der Waals surface area contributed by atoms with Crippen LogP contribution in [0.1, 0.15) is 28.3 Å². The van der Waals surface area contributed by atoms with Gasteiger partial charge in [0.25, 0.3) is 5.91 Å². The van der Waals surface area contributed by atoms with Crippen molar-refractivity contribution in [1.29, 1.82) is 0 Å². The quantitative estimate of drug-likeness (QED) is 0.508. The number of amides is 1. The first-order valence-electron chi connectivity index (χ1n) is 8.02. The van der Waals surface area contributed by atoms with E-state index >= 15 is 0 Å². The van der Waals surface area contributed by atoms with E-state index in [0.717, 1.165) is 9.61 Å². The summed E-state index contributed by atoms with van der Waals surface area (Å²) in [6.07, 6.45) is 4.75. The fourth-order valence-electron chi connectivity index (χ4n) is 2.71. The number of hydrogen-bond acceptors (Lipinski definition) is 5. The number of rotatable bonds is 4. The molecule has 0 unspecified atom stereocenters. The second-order valence-corrected chi connectivity index (χ2v) is 7.56. The highest BCUT2D eigenvalue weighted by molar-refractivity contribution is 9.10. The molecule has 4 rings (SSSR count). The van der Waals surface area contributed by atoms with E-state index in [1.807, 2.05) is 12.3 Å². The number of halogens is 2. The predicted octanol–water partition coefficient (Wildman–Crippen LogP) is 4.27. The fourth-order valence-corrected chi connectivity index (χ4v) is 3.99. The number of nitrogens with one attached hydrogen (secondary N) is 1. The van der Waals surface area contributed by atoms with Gasteiger partial charge in [-0.15, -0.1) is 11.3 Å². The van der Waals surface area contributed by atoms with Crippen molar-refractivity contribution >= 4 is 44.1 Å². The van der Waals surface area contributed by atoms with Gasteiger partial charge in [-0.3, -0.25) is 9.78 Å². The molecule has 136 valence electrons. The Balaban J connectivity index is 1.66. The van der Waals surface area contributed by atoms with Gasteiger partial charge in [0.15, 0.2) is 0 Å². The molecule has 4 aromatic rings. The summed E-state index contributed by atoms with van der Waals surface area (Å²) >= 11 is 4.78. The maximum atomic E-state index is 13.2. The first kappa shape index (κ1) is 17.7. The van der Waals surface area contributed by atoms with Crippen molar-refractivity contribution in [2.45, 2.75) is 13.0 Å². The van der Waals surface area contributed by atoms with Crippen LogP contribution in [0.15, 0.2) is 52.8 Å². The number of nitrogens with zero attached hydrogens (tertiary/aromatic N) is 4. The lowest BCUT2D eigenvalue weighted by Gasteiger charge is -2.11. The molecular weight excluding hydrogens is 433 g/mol. The summed E-state index contributed by atoms with van der Waals surface area (Å²) in [5, 5.41) is 10.6. The molecule has 1 atom stereocenters. The van der Waals surface area contributed by atoms with Gasteiger partial charge in [-0.25, -0.2) is 14.1 Å². The fraction of sp³-hybridized carbons (Fsp3) is 0.111. The van der Waals surface area contributed by atoms with Crippen molar-refractivity contribution in [3.8, 4) is 5.69 Å². The first-order valence-corrected chi connectivity index (χ1v) is 9.69. The molecule has 1 amide bonds. The van der Waals surface area contributed by atoms with Gasteiger partial charge in [0.1, 0.15) is 15.4 Å². The Labute approximate surface area is 166 Å². The second kappa shape index (κ2) is 7.16. The molecule has 0 saturated heterocycles. The molecule has 0 bridgehead atoms. The van der Waals surface area contributed by atoms with Crippen molar-refractivity contribution in [2.75, 3.05) is 0 Å². The highest BCUT2D eigenvalue weighted by Gasteiger charge is 2.18. The van der Waals surface area contributed by atoms with Crippen LogP contribution in [-0.2, 0) is 0 Å². The molecule has 0 aliphatic heterocycles. The minimum absolute atomic E-state index is 0.240. The number of thiazole rings is 1. The number of aromatic nitrogens is 4. The van der Waals surface area contributed by atoms with Crippen LogP contribution in [0, 0.1) is 5.82 Å². The van der Waals surface area contributed by atoms with E-state index in [4.69, 9.17) is 0 Å². The Morgan fingerprint density at radius 1 is 1.26 bits per heavy atom. The van der Waals surface area contributed by atoms with Gasteiger partial charge in [-0.05, 0) is 47.1 Å². The number of pyridine rings is 1. The smallest absolute Gasteiger partial charge is 0.254 e. The van der Waals surface area contributed by atoms with Gasteiger partial charge in [0.05, 0.1) is 35.2 Å². The third-order valence-corrected chi connectivity index (χ3v) is 5.76. The monoisotopic (exact) mass is 445 g/mol.